The van der Waals surface area contributed by atoms with Gasteiger partial charge in [0, 0.05) is 37.8 Å². The van der Waals surface area contributed by atoms with Crippen LogP contribution in [0.4, 0.5) is 0 Å². The van der Waals surface area contributed by atoms with Crippen molar-refractivity contribution in [3.8, 4) is 11.5 Å². The molecule has 0 N–H and O–H groups in total. The molecule has 4 rings (SSSR count). The summed E-state index contributed by atoms with van der Waals surface area (Å²) in [5, 5.41) is 0. The van der Waals surface area contributed by atoms with Gasteiger partial charge >= 0.3 is 0 Å². The van der Waals surface area contributed by atoms with E-state index in [1.807, 2.05) is 43.0 Å². The van der Waals surface area contributed by atoms with E-state index in [-0.39, 0.29) is 36.9 Å². The molecular weight excluding hydrogens is 506 g/mol. The average molecular weight is 544 g/mol. The van der Waals surface area contributed by atoms with E-state index in [0.717, 1.165) is 11.1 Å². The van der Waals surface area contributed by atoms with E-state index in [1.165, 1.54) is 4.31 Å². The SMILES string of the molecule is CCCN(CC(=O)N(Cc1ccccc1C)C1CCN(C(=O)c2ccc3c(c2)OCO3)CC1)S(=O)(=O)CC. The summed E-state index contributed by atoms with van der Waals surface area (Å²) in [4.78, 5) is 30.5. The first-order valence-electron chi connectivity index (χ1n) is 13.2. The first kappa shape index (κ1) is 27.9. The molecule has 2 heterocycles. The zero-order valence-electron chi connectivity index (χ0n) is 22.4. The van der Waals surface area contributed by atoms with Gasteiger partial charge in [-0.1, -0.05) is 31.2 Å². The molecule has 2 aromatic carbocycles. The molecule has 0 atom stereocenters. The van der Waals surface area contributed by atoms with Crippen LogP contribution in [0.1, 0.15) is 54.6 Å². The van der Waals surface area contributed by atoms with Crippen molar-refractivity contribution in [2.24, 2.45) is 0 Å². The Labute approximate surface area is 225 Å². The highest BCUT2D eigenvalue weighted by atomic mass is 32.2. The maximum Gasteiger partial charge on any atom is 0.253 e. The highest BCUT2D eigenvalue weighted by molar-refractivity contribution is 7.89. The number of carbonyl (C=O) groups excluding carboxylic acids is 2. The van der Waals surface area contributed by atoms with E-state index in [4.69, 9.17) is 9.47 Å². The fraction of sp³-hybridized carbons (Fsp3) is 0.500. The van der Waals surface area contributed by atoms with Gasteiger partial charge in [0.1, 0.15) is 0 Å². The lowest BCUT2D eigenvalue weighted by molar-refractivity contribution is -0.135. The van der Waals surface area contributed by atoms with E-state index in [0.29, 0.717) is 62.5 Å². The molecule has 2 aromatic rings. The second-order valence-corrected chi connectivity index (χ2v) is 12.0. The number of benzene rings is 2. The molecule has 0 bridgehead atoms. The first-order chi connectivity index (χ1) is 18.2. The molecule has 0 spiro atoms. The number of carbonyl (C=O) groups is 2. The van der Waals surface area contributed by atoms with Crippen molar-refractivity contribution < 1.29 is 27.5 Å². The Balaban J connectivity index is 1.49. The van der Waals surface area contributed by atoms with Gasteiger partial charge in [-0.2, -0.15) is 4.31 Å². The molecule has 38 heavy (non-hydrogen) atoms. The molecule has 0 aliphatic carbocycles. The molecule has 0 unspecified atom stereocenters. The van der Waals surface area contributed by atoms with E-state index in [1.54, 1.807) is 30.0 Å². The van der Waals surface area contributed by atoms with Crippen LogP contribution in [0.3, 0.4) is 0 Å². The van der Waals surface area contributed by atoms with Gasteiger partial charge in [-0.15, -0.1) is 0 Å². The number of likely N-dealkylation sites (tertiary alicyclic amines) is 1. The molecule has 0 radical (unpaired) electrons. The van der Waals surface area contributed by atoms with Gasteiger partial charge in [-0.25, -0.2) is 8.42 Å². The van der Waals surface area contributed by atoms with E-state index in [2.05, 4.69) is 0 Å². The summed E-state index contributed by atoms with van der Waals surface area (Å²) < 4.78 is 37.4. The quantitative estimate of drug-likeness (QED) is 0.456. The van der Waals surface area contributed by atoms with E-state index in [9.17, 15) is 18.0 Å². The van der Waals surface area contributed by atoms with Gasteiger partial charge in [0.15, 0.2) is 11.5 Å². The van der Waals surface area contributed by atoms with Crippen molar-refractivity contribution >= 4 is 21.8 Å². The standard InChI is InChI=1S/C28H37N3O6S/c1-4-14-30(38(34,35)5-2)19-27(32)31(18-23-9-7-6-8-21(23)3)24-12-15-29(16-13-24)28(33)22-10-11-25-26(17-22)37-20-36-25/h6-11,17,24H,4-5,12-16,18-20H2,1-3H3. The Bertz CT molecular complexity index is 1260. The molecule has 206 valence electrons. The topological polar surface area (TPSA) is 96.5 Å². The van der Waals surface area contributed by atoms with Crippen LogP contribution < -0.4 is 9.47 Å². The third-order valence-corrected chi connectivity index (χ3v) is 9.11. The minimum atomic E-state index is -3.50. The number of amides is 2. The number of sulfonamides is 1. The normalized spacial score (nSPS) is 15.6. The van der Waals surface area contributed by atoms with Crippen molar-refractivity contribution in [2.75, 3.05) is 38.7 Å². The predicted octanol–water partition coefficient (Wildman–Crippen LogP) is 3.42. The lowest BCUT2D eigenvalue weighted by Gasteiger charge is -2.39. The van der Waals surface area contributed by atoms with Crippen LogP contribution in [-0.2, 0) is 21.4 Å². The summed E-state index contributed by atoms with van der Waals surface area (Å²) in [6.45, 7) is 7.20. The molecule has 0 aromatic heterocycles. The Kier molecular flexibility index (Phi) is 8.94. The van der Waals surface area contributed by atoms with Crippen LogP contribution in [-0.4, -0.2) is 79.1 Å². The zero-order chi connectivity index (χ0) is 27.3. The Morgan fingerprint density at radius 2 is 1.74 bits per heavy atom. The molecular formula is C28H37N3O6S. The summed E-state index contributed by atoms with van der Waals surface area (Å²) in [5.41, 5.74) is 2.65. The molecule has 2 aliphatic heterocycles. The van der Waals surface area contributed by atoms with E-state index < -0.39 is 10.0 Å². The van der Waals surface area contributed by atoms with Crippen molar-refractivity contribution in [3.05, 3.63) is 59.2 Å². The second-order valence-electron chi connectivity index (χ2n) is 9.77. The number of rotatable bonds is 10. The number of nitrogens with zero attached hydrogens (tertiary/aromatic N) is 3. The first-order valence-corrected chi connectivity index (χ1v) is 14.8. The molecule has 1 saturated heterocycles. The Hall–Kier alpha value is -3.11. The number of ether oxygens (including phenoxy) is 2. The van der Waals surface area contributed by atoms with Gasteiger partial charge in [-0.05, 0) is 62.4 Å². The van der Waals surface area contributed by atoms with Crippen molar-refractivity contribution in [1.82, 2.24) is 14.1 Å². The second kappa shape index (κ2) is 12.2. The molecule has 1 fully saturated rings. The highest BCUT2D eigenvalue weighted by Crippen LogP contribution is 2.33. The number of aryl methyl sites for hydroxylation is 1. The van der Waals surface area contributed by atoms with Crippen molar-refractivity contribution in [3.63, 3.8) is 0 Å². The van der Waals surface area contributed by atoms with Gasteiger partial charge in [-0.3, -0.25) is 9.59 Å². The monoisotopic (exact) mass is 543 g/mol. The highest BCUT2D eigenvalue weighted by Gasteiger charge is 2.33. The summed E-state index contributed by atoms with van der Waals surface area (Å²) in [6.07, 6.45) is 1.86. The fourth-order valence-corrected chi connectivity index (χ4v) is 6.11. The van der Waals surface area contributed by atoms with Crippen LogP contribution >= 0.6 is 0 Å². The molecule has 10 heteroatoms. The molecule has 0 saturated carbocycles. The smallest absolute Gasteiger partial charge is 0.253 e. The van der Waals surface area contributed by atoms with Crippen LogP contribution in [0.2, 0.25) is 0 Å². The largest absolute Gasteiger partial charge is 0.454 e. The van der Waals surface area contributed by atoms with Crippen molar-refractivity contribution in [1.29, 1.82) is 0 Å². The lowest BCUT2D eigenvalue weighted by atomic mass is 10.00. The minimum Gasteiger partial charge on any atom is -0.454 e. The van der Waals surface area contributed by atoms with Crippen LogP contribution in [0.5, 0.6) is 11.5 Å². The van der Waals surface area contributed by atoms with Gasteiger partial charge in [0.2, 0.25) is 22.7 Å². The molecule has 9 nitrogen and oxygen atoms in total. The average Bonchev–Trinajstić information content (AvgIpc) is 3.40. The van der Waals surface area contributed by atoms with E-state index >= 15 is 0 Å². The van der Waals surface area contributed by atoms with Crippen LogP contribution in [0.25, 0.3) is 0 Å². The summed E-state index contributed by atoms with van der Waals surface area (Å²) >= 11 is 0. The van der Waals surface area contributed by atoms with Crippen LogP contribution in [0.15, 0.2) is 42.5 Å². The summed E-state index contributed by atoms with van der Waals surface area (Å²) in [5.74, 6) is 0.867. The maximum absolute atomic E-state index is 13.7. The zero-order valence-corrected chi connectivity index (χ0v) is 23.2. The third kappa shape index (κ3) is 6.30. The van der Waals surface area contributed by atoms with Crippen molar-refractivity contribution in [2.45, 2.75) is 52.6 Å². The van der Waals surface area contributed by atoms with Crippen LogP contribution in [0, 0.1) is 6.92 Å². The molecule has 2 amide bonds. The predicted molar refractivity (Wildman–Crippen MR) is 145 cm³/mol. The minimum absolute atomic E-state index is 0.0432. The lowest BCUT2D eigenvalue weighted by Crippen LogP contribution is -2.51. The van der Waals surface area contributed by atoms with Gasteiger partial charge < -0.3 is 19.3 Å². The summed E-state index contributed by atoms with van der Waals surface area (Å²) in [6, 6.07) is 13.0. The van der Waals surface area contributed by atoms with Gasteiger partial charge in [0.05, 0.1) is 12.3 Å². The number of hydrogen-bond donors (Lipinski definition) is 0. The van der Waals surface area contributed by atoms with Gasteiger partial charge in [0.25, 0.3) is 5.91 Å². The Morgan fingerprint density at radius 1 is 1.03 bits per heavy atom. The fourth-order valence-electron chi connectivity index (χ4n) is 4.97. The number of fused-ring (bicyclic) bond motifs is 1. The number of hydrogen-bond acceptors (Lipinski definition) is 6. The number of piperidine rings is 1. The maximum atomic E-state index is 13.7. The summed E-state index contributed by atoms with van der Waals surface area (Å²) in [7, 11) is -3.50. The molecule has 2 aliphatic rings. The Morgan fingerprint density at radius 3 is 2.42 bits per heavy atom. The third-order valence-electron chi connectivity index (χ3n) is 7.28.